The Labute approximate surface area is 123 Å². The average molecular weight is 308 g/mol. The van der Waals surface area contributed by atoms with Gasteiger partial charge in [0.05, 0.1) is 4.90 Å². The van der Waals surface area contributed by atoms with Crippen molar-refractivity contribution in [3.63, 3.8) is 0 Å². The fraction of sp³-hybridized carbons (Fsp3) is 0.200. The molecule has 21 heavy (non-hydrogen) atoms. The van der Waals surface area contributed by atoms with E-state index in [0.717, 1.165) is 5.56 Å². The Morgan fingerprint density at radius 2 is 1.71 bits per heavy atom. The van der Waals surface area contributed by atoms with Crippen LogP contribution in [0.1, 0.15) is 11.1 Å². The minimum atomic E-state index is -3.59. The molecule has 0 radical (unpaired) electrons. The van der Waals surface area contributed by atoms with Crippen LogP contribution in [0.2, 0.25) is 0 Å². The molecule has 2 aromatic rings. The highest BCUT2D eigenvalue weighted by Crippen LogP contribution is 2.14. The van der Waals surface area contributed by atoms with Crippen LogP contribution in [0, 0.1) is 5.82 Å². The molecule has 0 spiro atoms. The van der Waals surface area contributed by atoms with Crippen molar-refractivity contribution < 1.29 is 12.8 Å². The summed E-state index contributed by atoms with van der Waals surface area (Å²) in [7, 11) is -3.59. The summed E-state index contributed by atoms with van der Waals surface area (Å²) >= 11 is 0. The van der Waals surface area contributed by atoms with Gasteiger partial charge in [0.15, 0.2) is 0 Å². The maximum atomic E-state index is 12.8. The summed E-state index contributed by atoms with van der Waals surface area (Å²) < 4.78 is 39.8. The smallest absolute Gasteiger partial charge is 0.240 e. The molecule has 0 fully saturated rings. The van der Waals surface area contributed by atoms with Gasteiger partial charge in [-0.05, 0) is 35.7 Å². The largest absolute Gasteiger partial charge is 0.326 e. The highest BCUT2D eigenvalue weighted by Gasteiger charge is 2.16. The molecule has 3 N–H and O–H groups in total. The van der Waals surface area contributed by atoms with Crippen LogP contribution in [-0.2, 0) is 23.0 Å². The van der Waals surface area contributed by atoms with Crippen molar-refractivity contribution in [3.05, 3.63) is 65.5 Å². The van der Waals surface area contributed by atoms with Crippen LogP contribution in [0.25, 0.3) is 0 Å². The van der Waals surface area contributed by atoms with Crippen LogP contribution in [0.5, 0.6) is 0 Å². The van der Waals surface area contributed by atoms with Crippen LogP contribution < -0.4 is 10.5 Å². The summed E-state index contributed by atoms with van der Waals surface area (Å²) in [5.41, 5.74) is 7.00. The lowest BCUT2D eigenvalue weighted by molar-refractivity contribution is 0.580. The molecular formula is C15H17FN2O2S. The van der Waals surface area contributed by atoms with Crippen molar-refractivity contribution in [2.45, 2.75) is 17.9 Å². The van der Waals surface area contributed by atoms with Crippen LogP contribution in [-0.4, -0.2) is 15.0 Å². The summed E-state index contributed by atoms with van der Waals surface area (Å²) in [5, 5.41) is 0. The predicted molar refractivity (Wildman–Crippen MR) is 79.6 cm³/mol. The molecule has 0 aliphatic carbocycles. The summed E-state index contributed by atoms with van der Waals surface area (Å²) in [6.07, 6.45) is 0.490. The van der Waals surface area contributed by atoms with E-state index in [-0.39, 0.29) is 23.8 Å². The first-order chi connectivity index (χ1) is 10.0. The summed E-state index contributed by atoms with van der Waals surface area (Å²) in [6.45, 7) is 0.405. The molecule has 0 saturated heterocycles. The van der Waals surface area contributed by atoms with Gasteiger partial charge in [0, 0.05) is 13.1 Å². The minimum absolute atomic E-state index is 0.162. The van der Waals surface area contributed by atoms with E-state index in [9.17, 15) is 12.8 Å². The van der Waals surface area contributed by atoms with Crippen LogP contribution in [0.3, 0.4) is 0 Å². The summed E-state index contributed by atoms with van der Waals surface area (Å²) in [5.74, 6) is -0.309. The molecule has 0 aromatic heterocycles. The number of halogens is 1. The van der Waals surface area contributed by atoms with E-state index < -0.39 is 10.0 Å². The Morgan fingerprint density at radius 1 is 1.05 bits per heavy atom. The van der Waals surface area contributed by atoms with E-state index in [2.05, 4.69) is 4.72 Å². The number of benzene rings is 2. The van der Waals surface area contributed by atoms with Crippen molar-refractivity contribution in [1.82, 2.24) is 4.72 Å². The first kappa shape index (κ1) is 15.6. The van der Waals surface area contributed by atoms with Gasteiger partial charge in [-0.25, -0.2) is 17.5 Å². The van der Waals surface area contributed by atoms with Gasteiger partial charge in [-0.1, -0.05) is 30.3 Å². The number of hydrogen-bond donors (Lipinski definition) is 2. The van der Waals surface area contributed by atoms with Crippen LogP contribution in [0.4, 0.5) is 4.39 Å². The Bertz CT molecular complexity index is 700. The molecule has 6 heteroatoms. The lowest BCUT2D eigenvalue weighted by Gasteiger charge is -2.10. The highest BCUT2D eigenvalue weighted by molar-refractivity contribution is 7.89. The minimum Gasteiger partial charge on any atom is -0.326 e. The Morgan fingerprint density at radius 3 is 2.38 bits per heavy atom. The second kappa shape index (κ2) is 6.80. The molecule has 2 aromatic carbocycles. The summed E-state index contributed by atoms with van der Waals surface area (Å²) in [6, 6.07) is 12.6. The standard InChI is InChI=1S/C15H17FN2O2S/c16-14-7-5-12(6-8-14)9-10-18-21(19,20)15-4-2-1-3-13(15)11-17/h1-8,18H,9-11,17H2. The maximum absolute atomic E-state index is 12.8. The number of rotatable bonds is 6. The molecule has 0 aliphatic heterocycles. The SMILES string of the molecule is NCc1ccccc1S(=O)(=O)NCCc1ccc(F)cc1. The molecule has 4 nitrogen and oxygen atoms in total. The molecule has 2 rings (SSSR count). The lowest BCUT2D eigenvalue weighted by Crippen LogP contribution is -2.27. The van der Waals surface area contributed by atoms with Gasteiger partial charge in [-0.2, -0.15) is 0 Å². The van der Waals surface area contributed by atoms with Gasteiger partial charge in [0.1, 0.15) is 5.82 Å². The normalized spacial score (nSPS) is 11.5. The van der Waals surface area contributed by atoms with Crippen molar-refractivity contribution in [2.24, 2.45) is 5.73 Å². The van der Waals surface area contributed by atoms with Gasteiger partial charge >= 0.3 is 0 Å². The van der Waals surface area contributed by atoms with E-state index in [4.69, 9.17) is 5.73 Å². The molecule has 0 aliphatic rings. The van der Waals surface area contributed by atoms with Gasteiger partial charge in [-0.15, -0.1) is 0 Å². The topological polar surface area (TPSA) is 72.2 Å². The Hall–Kier alpha value is -1.76. The predicted octanol–water partition coefficient (Wildman–Crippen LogP) is 1.81. The monoisotopic (exact) mass is 308 g/mol. The number of nitrogens with one attached hydrogen (secondary N) is 1. The summed E-state index contributed by atoms with van der Waals surface area (Å²) in [4.78, 5) is 0.201. The van der Waals surface area contributed by atoms with Crippen molar-refractivity contribution in [3.8, 4) is 0 Å². The molecule has 0 unspecified atom stereocenters. The molecular weight excluding hydrogens is 291 g/mol. The van der Waals surface area contributed by atoms with Crippen molar-refractivity contribution in [2.75, 3.05) is 6.54 Å². The number of sulfonamides is 1. The molecule has 0 heterocycles. The fourth-order valence-corrected chi connectivity index (χ4v) is 3.27. The molecule has 0 atom stereocenters. The first-order valence-electron chi connectivity index (χ1n) is 6.55. The third kappa shape index (κ3) is 4.10. The zero-order valence-electron chi connectivity index (χ0n) is 11.4. The maximum Gasteiger partial charge on any atom is 0.240 e. The average Bonchev–Trinajstić information content (AvgIpc) is 2.49. The van der Waals surface area contributed by atoms with E-state index in [1.165, 1.54) is 18.2 Å². The van der Waals surface area contributed by atoms with E-state index in [1.807, 2.05) is 0 Å². The van der Waals surface area contributed by atoms with E-state index in [0.29, 0.717) is 12.0 Å². The zero-order chi connectivity index (χ0) is 15.3. The third-order valence-electron chi connectivity index (χ3n) is 3.10. The second-order valence-electron chi connectivity index (χ2n) is 4.59. The molecule has 0 amide bonds. The van der Waals surface area contributed by atoms with E-state index in [1.54, 1.807) is 30.3 Å². The van der Waals surface area contributed by atoms with E-state index >= 15 is 0 Å². The van der Waals surface area contributed by atoms with Crippen LogP contribution >= 0.6 is 0 Å². The fourth-order valence-electron chi connectivity index (χ4n) is 1.99. The van der Waals surface area contributed by atoms with Gasteiger partial charge in [-0.3, -0.25) is 0 Å². The van der Waals surface area contributed by atoms with Gasteiger partial charge in [0.25, 0.3) is 0 Å². The number of hydrogen-bond acceptors (Lipinski definition) is 3. The Kier molecular flexibility index (Phi) is 5.06. The molecule has 112 valence electrons. The number of nitrogens with two attached hydrogens (primary N) is 1. The highest BCUT2D eigenvalue weighted by atomic mass is 32.2. The van der Waals surface area contributed by atoms with Gasteiger partial charge < -0.3 is 5.73 Å². The first-order valence-corrected chi connectivity index (χ1v) is 8.03. The molecule has 0 bridgehead atoms. The van der Waals surface area contributed by atoms with Crippen molar-refractivity contribution in [1.29, 1.82) is 0 Å². The second-order valence-corrected chi connectivity index (χ2v) is 6.32. The quantitative estimate of drug-likeness (QED) is 0.855. The zero-order valence-corrected chi connectivity index (χ0v) is 12.2. The third-order valence-corrected chi connectivity index (χ3v) is 4.66. The lowest BCUT2D eigenvalue weighted by atomic mass is 10.1. The molecule has 0 saturated carbocycles. The van der Waals surface area contributed by atoms with Crippen LogP contribution in [0.15, 0.2) is 53.4 Å². The Balaban J connectivity index is 2.03. The van der Waals surface area contributed by atoms with Gasteiger partial charge in [0.2, 0.25) is 10.0 Å². The van der Waals surface area contributed by atoms with Crippen molar-refractivity contribution >= 4 is 10.0 Å².